The number of thiazole rings is 1. The van der Waals surface area contributed by atoms with Gasteiger partial charge in [-0.3, -0.25) is 14.0 Å². The second kappa shape index (κ2) is 5.04. The summed E-state index contributed by atoms with van der Waals surface area (Å²) in [4.78, 5) is 29.3. The van der Waals surface area contributed by atoms with Crippen LogP contribution >= 0.6 is 11.3 Å². The van der Waals surface area contributed by atoms with Crippen molar-refractivity contribution in [3.05, 3.63) is 23.0 Å². The summed E-state index contributed by atoms with van der Waals surface area (Å²) in [5, 5.41) is 6.51. The fraction of sp³-hybridized carbons (Fsp3) is 0.333. The van der Waals surface area contributed by atoms with Gasteiger partial charge in [0.1, 0.15) is 5.71 Å². The SMILES string of the molecule is Cc1cn2cc(CNC(=O)C3=NNC(=O)CC3)nc2s1. The number of hydrogen-bond donors (Lipinski definition) is 2. The van der Waals surface area contributed by atoms with Crippen molar-refractivity contribution in [2.45, 2.75) is 26.3 Å². The Bertz CT molecular complexity index is 683. The maximum absolute atomic E-state index is 11.9. The van der Waals surface area contributed by atoms with Gasteiger partial charge in [0.2, 0.25) is 5.91 Å². The molecule has 0 bridgehead atoms. The number of rotatable bonds is 3. The van der Waals surface area contributed by atoms with Crippen molar-refractivity contribution < 1.29 is 9.59 Å². The van der Waals surface area contributed by atoms with Crippen molar-refractivity contribution >= 4 is 33.8 Å². The number of aryl methyl sites for hydroxylation is 1. The van der Waals surface area contributed by atoms with Crippen molar-refractivity contribution in [1.29, 1.82) is 0 Å². The van der Waals surface area contributed by atoms with Crippen molar-refractivity contribution in [2.24, 2.45) is 5.10 Å². The Hall–Kier alpha value is -2.22. The summed E-state index contributed by atoms with van der Waals surface area (Å²) in [6, 6.07) is 0. The molecule has 0 unspecified atom stereocenters. The molecule has 1 aliphatic heterocycles. The van der Waals surface area contributed by atoms with Crippen LogP contribution in [0.15, 0.2) is 17.5 Å². The van der Waals surface area contributed by atoms with Crippen LogP contribution in [0.5, 0.6) is 0 Å². The van der Waals surface area contributed by atoms with Gasteiger partial charge in [-0.2, -0.15) is 5.10 Å². The molecule has 2 aromatic rings. The molecule has 104 valence electrons. The topological polar surface area (TPSA) is 87.9 Å². The monoisotopic (exact) mass is 291 g/mol. The van der Waals surface area contributed by atoms with E-state index in [2.05, 4.69) is 20.8 Å². The van der Waals surface area contributed by atoms with Gasteiger partial charge in [-0.1, -0.05) is 0 Å². The van der Waals surface area contributed by atoms with Crippen LogP contribution in [0.25, 0.3) is 4.96 Å². The molecule has 3 heterocycles. The minimum atomic E-state index is -0.266. The van der Waals surface area contributed by atoms with E-state index in [1.54, 1.807) is 11.3 Å². The summed E-state index contributed by atoms with van der Waals surface area (Å²) in [6.45, 7) is 2.37. The van der Waals surface area contributed by atoms with E-state index in [0.717, 1.165) is 10.7 Å². The van der Waals surface area contributed by atoms with Crippen LogP contribution in [-0.4, -0.2) is 26.9 Å². The predicted molar refractivity (Wildman–Crippen MR) is 74.5 cm³/mol. The Morgan fingerprint density at radius 3 is 3.05 bits per heavy atom. The summed E-state index contributed by atoms with van der Waals surface area (Å²) in [6.07, 6.45) is 4.56. The predicted octanol–water partition coefficient (Wildman–Crippen LogP) is 0.586. The third kappa shape index (κ3) is 2.55. The van der Waals surface area contributed by atoms with Crippen LogP contribution in [0, 0.1) is 6.92 Å². The molecule has 0 radical (unpaired) electrons. The van der Waals surface area contributed by atoms with E-state index >= 15 is 0 Å². The average molecular weight is 291 g/mol. The molecule has 2 aromatic heterocycles. The number of fused-ring (bicyclic) bond motifs is 1. The lowest BCUT2D eigenvalue weighted by atomic mass is 10.1. The molecule has 0 spiro atoms. The highest BCUT2D eigenvalue weighted by Gasteiger charge is 2.18. The maximum Gasteiger partial charge on any atom is 0.267 e. The highest BCUT2D eigenvalue weighted by molar-refractivity contribution is 7.16. The number of imidazole rings is 1. The summed E-state index contributed by atoms with van der Waals surface area (Å²) >= 11 is 1.60. The number of nitrogens with zero attached hydrogens (tertiary/aromatic N) is 3. The molecule has 2 amide bonds. The van der Waals surface area contributed by atoms with Crippen LogP contribution in [0.4, 0.5) is 0 Å². The lowest BCUT2D eigenvalue weighted by Gasteiger charge is -2.11. The Labute approximate surface area is 118 Å². The summed E-state index contributed by atoms with van der Waals surface area (Å²) in [5.74, 6) is -0.427. The van der Waals surface area contributed by atoms with Crippen molar-refractivity contribution in [1.82, 2.24) is 20.1 Å². The first kappa shape index (κ1) is 12.8. The summed E-state index contributed by atoms with van der Waals surface area (Å²) in [5.41, 5.74) is 3.45. The van der Waals surface area contributed by atoms with Crippen LogP contribution in [0.1, 0.15) is 23.4 Å². The smallest absolute Gasteiger partial charge is 0.267 e. The van der Waals surface area contributed by atoms with Crippen LogP contribution in [0.3, 0.4) is 0 Å². The molecule has 3 rings (SSSR count). The fourth-order valence-electron chi connectivity index (χ4n) is 1.96. The van der Waals surface area contributed by atoms with Gasteiger partial charge in [0.05, 0.1) is 12.2 Å². The summed E-state index contributed by atoms with van der Waals surface area (Å²) < 4.78 is 1.94. The molecule has 0 saturated heterocycles. The standard InChI is InChI=1S/C12H13N5O2S/c1-7-5-17-6-8(14-12(17)20-7)4-13-11(19)9-2-3-10(18)16-15-9/h5-6H,2-4H2,1H3,(H,13,19)(H,16,18). The molecule has 0 atom stereocenters. The molecule has 1 aliphatic rings. The molecule has 0 fully saturated rings. The van der Waals surface area contributed by atoms with Gasteiger partial charge in [0, 0.05) is 30.1 Å². The van der Waals surface area contributed by atoms with Gasteiger partial charge in [-0.15, -0.1) is 11.3 Å². The third-order valence-corrected chi connectivity index (χ3v) is 3.83. The number of carbonyl (C=O) groups excluding carboxylic acids is 2. The zero-order valence-electron chi connectivity index (χ0n) is 10.8. The van der Waals surface area contributed by atoms with E-state index < -0.39 is 0 Å². The van der Waals surface area contributed by atoms with Crippen molar-refractivity contribution in [3.8, 4) is 0 Å². The number of aromatic nitrogens is 2. The van der Waals surface area contributed by atoms with Crippen molar-refractivity contribution in [3.63, 3.8) is 0 Å². The van der Waals surface area contributed by atoms with Crippen LogP contribution in [-0.2, 0) is 16.1 Å². The second-order valence-electron chi connectivity index (χ2n) is 4.54. The largest absolute Gasteiger partial charge is 0.345 e. The Morgan fingerprint density at radius 2 is 2.35 bits per heavy atom. The highest BCUT2D eigenvalue weighted by atomic mass is 32.1. The normalized spacial score (nSPS) is 15.1. The third-order valence-electron chi connectivity index (χ3n) is 2.92. The first-order chi connectivity index (χ1) is 9.61. The molecule has 20 heavy (non-hydrogen) atoms. The Morgan fingerprint density at radius 1 is 1.50 bits per heavy atom. The molecule has 8 heteroatoms. The second-order valence-corrected chi connectivity index (χ2v) is 5.75. The first-order valence-corrected chi connectivity index (χ1v) is 7.01. The lowest BCUT2D eigenvalue weighted by Crippen LogP contribution is -2.36. The number of nitrogens with one attached hydrogen (secondary N) is 2. The number of hydrazone groups is 1. The minimum Gasteiger partial charge on any atom is -0.345 e. The minimum absolute atomic E-state index is 0.161. The van der Waals surface area contributed by atoms with E-state index in [9.17, 15) is 9.59 Å². The molecule has 0 aromatic carbocycles. The lowest BCUT2D eigenvalue weighted by molar-refractivity contribution is -0.121. The highest BCUT2D eigenvalue weighted by Crippen LogP contribution is 2.16. The van der Waals surface area contributed by atoms with E-state index in [4.69, 9.17) is 0 Å². The molecular weight excluding hydrogens is 278 g/mol. The van der Waals surface area contributed by atoms with Crippen LogP contribution < -0.4 is 10.7 Å². The van der Waals surface area contributed by atoms with Gasteiger partial charge < -0.3 is 5.32 Å². The van der Waals surface area contributed by atoms with E-state index in [0.29, 0.717) is 25.1 Å². The number of carbonyl (C=O) groups is 2. The molecule has 0 saturated carbocycles. The zero-order chi connectivity index (χ0) is 14.1. The van der Waals surface area contributed by atoms with Gasteiger partial charge in [-0.25, -0.2) is 10.4 Å². The maximum atomic E-state index is 11.9. The van der Waals surface area contributed by atoms with E-state index in [-0.39, 0.29) is 11.8 Å². The first-order valence-electron chi connectivity index (χ1n) is 6.19. The fourth-order valence-corrected chi connectivity index (χ4v) is 2.78. The average Bonchev–Trinajstić information content (AvgIpc) is 2.93. The Balaban J connectivity index is 1.62. The van der Waals surface area contributed by atoms with Gasteiger partial charge in [0.15, 0.2) is 4.96 Å². The number of hydrogen-bond acceptors (Lipinski definition) is 5. The quantitative estimate of drug-likeness (QED) is 0.867. The van der Waals surface area contributed by atoms with Gasteiger partial charge in [-0.05, 0) is 6.92 Å². The van der Waals surface area contributed by atoms with Gasteiger partial charge in [0.25, 0.3) is 5.91 Å². The molecule has 2 N–H and O–H groups in total. The van der Waals surface area contributed by atoms with E-state index in [1.807, 2.05) is 23.7 Å². The van der Waals surface area contributed by atoms with E-state index in [1.165, 1.54) is 4.88 Å². The summed E-state index contributed by atoms with van der Waals surface area (Å²) in [7, 11) is 0. The van der Waals surface area contributed by atoms with Crippen LogP contribution in [0.2, 0.25) is 0 Å². The Kier molecular flexibility index (Phi) is 3.23. The van der Waals surface area contributed by atoms with Crippen molar-refractivity contribution in [2.75, 3.05) is 0 Å². The molecule has 0 aliphatic carbocycles. The molecule has 7 nitrogen and oxygen atoms in total. The zero-order valence-corrected chi connectivity index (χ0v) is 11.7. The molecular formula is C12H13N5O2S. The number of amides is 2. The van der Waals surface area contributed by atoms with Gasteiger partial charge >= 0.3 is 0 Å².